The van der Waals surface area contributed by atoms with Crippen LogP contribution in [0.25, 0.3) is 11.1 Å². The maximum atomic E-state index is 13.4. The Bertz CT molecular complexity index is 1280. The highest BCUT2D eigenvalue weighted by Crippen LogP contribution is 2.44. The summed E-state index contributed by atoms with van der Waals surface area (Å²) in [6.07, 6.45) is 0.919. The number of Topliss-reactive ketones (excluding diaryl/α,β-unsaturated/α-hetero) is 2. The van der Waals surface area contributed by atoms with Crippen LogP contribution in [0.2, 0.25) is 0 Å². The number of benzene rings is 2. The van der Waals surface area contributed by atoms with Crippen LogP contribution in [0.4, 0.5) is 4.79 Å². The molecule has 8 heteroatoms. The van der Waals surface area contributed by atoms with Gasteiger partial charge in [-0.05, 0) is 52.8 Å². The molecule has 218 valence electrons. The van der Waals surface area contributed by atoms with Gasteiger partial charge in [0.1, 0.15) is 18.4 Å². The standard InChI is InChI=1S/C33H40N2O6/c1-21(2)15-17-35(27(31(38)39)14-9-16-34-30-28(36)18-33(3,4)19-29(30)37)32(40)41-20-26-24-12-7-5-10-22(24)23-11-6-8-13-25(23)26/h5-8,10-13,21,26-27H,9,14-20H2,1-4H3,(H,38,39). The molecular formula is C33H40N2O6. The van der Waals surface area contributed by atoms with Crippen molar-refractivity contribution in [3.05, 3.63) is 59.7 Å². The minimum Gasteiger partial charge on any atom is -0.480 e. The molecule has 41 heavy (non-hydrogen) atoms. The Kier molecular flexibility index (Phi) is 9.41. The highest BCUT2D eigenvalue weighted by molar-refractivity contribution is 6.67. The van der Waals surface area contributed by atoms with Gasteiger partial charge >= 0.3 is 12.1 Å². The van der Waals surface area contributed by atoms with E-state index in [1.54, 1.807) is 0 Å². The number of aliphatic carboxylic acids is 1. The van der Waals surface area contributed by atoms with Gasteiger partial charge in [0.15, 0.2) is 11.6 Å². The minimum absolute atomic E-state index is 0.0237. The van der Waals surface area contributed by atoms with Gasteiger partial charge in [-0.3, -0.25) is 19.5 Å². The van der Waals surface area contributed by atoms with Gasteiger partial charge in [-0.25, -0.2) is 9.59 Å². The summed E-state index contributed by atoms with van der Waals surface area (Å²) in [5, 5.41) is 10.1. The minimum atomic E-state index is -1.12. The average Bonchev–Trinajstić information content (AvgIpc) is 3.22. The molecule has 1 amide bonds. The predicted molar refractivity (Wildman–Crippen MR) is 157 cm³/mol. The zero-order valence-electron chi connectivity index (χ0n) is 24.4. The highest BCUT2D eigenvalue weighted by atomic mass is 16.6. The Morgan fingerprint density at radius 1 is 0.976 bits per heavy atom. The van der Waals surface area contributed by atoms with Crippen LogP contribution in [0, 0.1) is 11.3 Å². The summed E-state index contributed by atoms with van der Waals surface area (Å²) in [7, 11) is 0. The average molecular weight is 561 g/mol. The van der Waals surface area contributed by atoms with Gasteiger partial charge in [0, 0.05) is 31.8 Å². The first kappa shape index (κ1) is 30.2. The zero-order valence-corrected chi connectivity index (χ0v) is 24.4. The lowest BCUT2D eigenvalue weighted by Gasteiger charge is -2.29. The SMILES string of the molecule is CC(C)CCN(C(=O)OCC1c2ccccc2-c2ccccc21)C(CCCN=C1C(=O)CC(C)(C)CC1=O)C(=O)O. The molecule has 1 unspecified atom stereocenters. The number of hydrogen-bond acceptors (Lipinski definition) is 6. The lowest BCUT2D eigenvalue weighted by molar-refractivity contribution is -0.143. The second kappa shape index (κ2) is 12.8. The van der Waals surface area contributed by atoms with E-state index in [9.17, 15) is 24.3 Å². The molecule has 4 rings (SSSR count). The number of carboxylic acid groups (broad SMARTS) is 1. The van der Waals surface area contributed by atoms with Gasteiger partial charge in [0.2, 0.25) is 0 Å². The maximum Gasteiger partial charge on any atom is 0.410 e. The van der Waals surface area contributed by atoms with Crippen molar-refractivity contribution >= 4 is 29.3 Å². The Labute approximate surface area is 241 Å². The van der Waals surface area contributed by atoms with Crippen LogP contribution in [-0.2, 0) is 19.1 Å². The zero-order chi connectivity index (χ0) is 29.7. The van der Waals surface area contributed by atoms with E-state index in [0.717, 1.165) is 22.3 Å². The molecule has 2 aliphatic carbocycles. The van der Waals surface area contributed by atoms with Gasteiger partial charge in [-0.15, -0.1) is 0 Å². The van der Waals surface area contributed by atoms with Crippen LogP contribution in [0.5, 0.6) is 0 Å². The number of carbonyl (C=O) groups is 4. The summed E-state index contributed by atoms with van der Waals surface area (Å²) >= 11 is 0. The van der Waals surface area contributed by atoms with Crippen LogP contribution >= 0.6 is 0 Å². The molecule has 2 aromatic rings. The van der Waals surface area contributed by atoms with E-state index in [-0.39, 0.29) is 73.5 Å². The van der Waals surface area contributed by atoms with Gasteiger partial charge in [0.05, 0.1) is 0 Å². The van der Waals surface area contributed by atoms with Crippen LogP contribution in [0.1, 0.15) is 76.8 Å². The maximum absolute atomic E-state index is 13.4. The summed E-state index contributed by atoms with van der Waals surface area (Å²) in [5.41, 5.74) is 4.00. The quantitative estimate of drug-likeness (QED) is 0.342. The number of carbonyl (C=O) groups excluding carboxylic acids is 3. The fraction of sp³-hybridized carbons (Fsp3) is 0.485. The second-order valence-electron chi connectivity index (χ2n) is 12.3. The smallest absolute Gasteiger partial charge is 0.410 e. The first-order valence-electron chi connectivity index (χ1n) is 14.4. The molecule has 8 nitrogen and oxygen atoms in total. The Morgan fingerprint density at radius 2 is 1.54 bits per heavy atom. The van der Waals surface area contributed by atoms with E-state index < -0.39 is 18.1 Å². The molecule has 0 aliphatic heterocycles. The number of hydrogen-bond donors (Lipinski definition) is 1. The van der Waals surface area contributed by atoms with Crippen molar-refractivity contribution in [3.8, 4) is 11.1 Å². The number of ether oxygens (including phenoxy) is 1. The Morgan fingerprint density at radius 3 is 2.07 bits per heavy atom. The largest absolute Gasteiger partial charge is 0.480 e. The summed E-state index contributed by atoms with van der Waals surface area (Å²) in [6.45, 7) is 8.28. The van der Waals surface area contributed by atoms with Crippen molar-refractivity contribution in [3.63, 3.8) is 0 Å². The summed E-state index contributed by atoms with van der Waals surface area (Å²) < 4.78 is 5.82. The molecule has 0 aromatic heterocycles. The molecule has 0 saturated heterocycles. The summed E-state index contributed by atoms with van der Waals surface area (Å²) in [6, 6.07) is 15.0. The van der Waals surface area contributed by atoms with E-state index in [2.05, 4.69) is 17.1 Å². The molecule has 0 bridgehead atoms. The first-order valence-corrected chi connectivity index (χ1v) is 14.4. The van der Waals surface area contributed by atoms with Gasteiger partial charge in [-0.2, -0.15) is 0 Å². The number of rotatable bonds is 11. The topological polar surface area (TPSA) is 113 Å². The van der Waals surface area contributed by atoms with Crippen molar-refractivity contribution in [2.45, 2.75) is 71.8 Å². The van der Waals surface area contributed by atoms with E-state index in [1.165, 1.54) is 4.90 Å². The number of carboxylic acids is 1. The van der Waals surface area contributed by atoms with Gasteiger partial charge in [-0.1, -0.05) is 76.2 Å². The molecule has 1 atom stereocenters. The number of nitrogens with zero attached hydrogens (tertiary/aromatic N) is 2. The predicted octanol–water partition coefficient (Wildman–Crippen LogP) is 5.92. The third-order valence-corrected chi connectivity index (χ3v) is 7.89. The number of fused-ring (bicyclic) bond motifs is 3. The molecular weight excluding hydrogens is 520 g/mol. The van der Waals surface area contributed by atoms with Crippen molar-refractivity contribution in [2.24, 2.45) is 16.3 Å². The summed E-state index contributed by atoms with van der Waals surface area (Å²) in [4.78, 5) is 56.2. The van der Waals surface area contributed by atoms with Crippen molar-refractivity contribution < 1.29 is 29.0 Å². The van der Waals surface area contributed by atoms with Crippen LogP contribution in [0.3, 0.4) is 0 Å². The van der Waals surface area contributed by atoms with E-state index in [1.807, 2.05) is 64.1 Å². The lowest BCUT2D eigenvalue weighted by atomic mass is 9.75. The highest BCUT2D eigenvalue weighted by Gasteiger charge is 2.37. The summed E-state index contributed by atoms with van der Waals surface area (Å²) in [5.74, 6) is -1.53. The third-order valence-electron chi connectivity index (χ3n) is 7.89. The molecule has 2 aromatic carbocycles. The lowest BCUT2D eigenvalue weighted by Crippen LogP contribution is -2.46. The third kappa shape index (κ3) is 7.10. The Hall–Kier alpha value is -3.81. The van der Waals surface area contributed by atoms with Gasteiger partial charge < -0.3 is 9.84 Å². The first-order chi connectivity index (χ1) is 19.5. The molecule has 0 spiro atoms. The van der Waals surface area contributed by atoms with E-state index in [0.29, 0.717) is 12.8 Å². The molecule has 2 aliphatic rings. The number of aliphatic imine (C=N–C) groups is 1. The molecule has 1 saturated carbocycles. The fourth-order valence-electron chi connectivity index (χ4n) is 5.77. The molecule has 0 heterocycles. The van der Waals surface area contributed by atoms with Crippen molar-refractivity contribution in [2.75, 3.05) is 19.7 Å². The normalized spacial score (nSPS) is 16.8. The number of amides is 1. The van der Waals surface area contributed by atoms with Gasteiger partial charge in [0.25, 0.3) is 0 Å². The second-order valence-corrected chi connectivity index (χ2v) is 12.3. The fourth-order valence-corrected chi connectivity index (χ4v) is 5.77. The van der Waals surface area contributed by atoms with Crippen LogP contribution in [0.15, 0.2) is 53.5 Å². The monoisotopic (exact) mass is 560 g/mol. The van der Waals surface area contributed by atoms with Crippen molar-refractivity contribution in [1.29, 1.82) is 0 Å². The van der Waals surface area contributed by atoms with Crippen molar-refractivity contribution in [1.82, 2.24) is 4.90 Å². The molecule has 0 radical (unpaired) electrons. The van der Waals surface area contributed by atoms with Crippen LogP contribution in [-0.4, -0.2) is 65.1 Å². The van der Waals surface area contributed by atoms with E-state index in [4.69, 9.17) is 4.74 Å². The molecule has 1 N–H and O–H groups in total. The number of ketones is 2. The Balaban J connectivity index is 1.44. The van der Waals surface area contributed by atoms with E-state index >= 15 is 0 Å². The molecule has 1 fully saturated rings. The van der Waals surface area contributed by atoms with Crippen LogP contribution < -0.4 is 0 Å².